The van der Waals surface area contributed by atoms with Crippen LogP contribution in [0.4, 0.5) is 17.1 Å². The lowest BCUT2D eigenvalue weighted by Gasteiger charge is -2.17. The van der Waals surface area contributed by atoms with Crippen molar-refractivity contribution in [2.45, 2.75) is 6.42 Å². The third-order valence-electron chi connectivity index (χ3n) is 4.80. The van der Waals surface area contributed by atoms with Crippen LogP contribution in [0.1, 0.15) is 16.1 Å². The molecular formula is C22H21N3O3. The van der Waals surface area contributed by atoms with Gasteiger partial charge in [0, 0.05) is 18.3 Å². The van der Waals surface area contributed by atoms with Gasteiger partial charge in [0.05, 0.1) is 31.8 Å². The number of anilines is 3. The van der Waals surface area contributed by atoms with Crippen LogP contribution in [0.15, 0.2) is 60.8 Å². The van der Waals surface area contributed by atoms with Crippen molar-refractivity contribution in [1.29, 1.82) is 0 Å². The van der Waals surface area contributed by atoms with E-state index in [1.807, 2.05) is 42.5 Å². The summed E-state index contributed by atoms with van der Waals surface area (Å²) in [6, 6.07) is 17.1. The fourth-order valence-electron chi connectivity index (χ4n) is 3.35. The Balaban J connectivity index is 1.53. The number of para-hydroxylation sites is 1. The fourth-order valence-corrected chi connectivity index (χ4v) is 3.35. The Morgan fingerprint density at radius 1 is 1.07 bits per heavy atom. The summed E-state index contributed by atoms with van der Waals surface area (Å²) < 4.78 is 10.6. The van der Waals surface area contributed by atoms with Crippen LogP contribution in [-0.4, -0.2) is 31.7 Å². The van der Waals surface area contributed by atoms with Gasteiger partial charge < -0.3 is 19.7 Å². The number of nitrogens with zero attached hydrogens (tertiary/aromatic N) is 2. The van der Waals surface area contributed by atoms with Crippen LogP contribution in [0.25, 0.3) is 0 Å². The highest BCUT2D eigenvalue weighted by molar-refractivity contribution is 6.06. The summed E-state index contributed by atoms with van der Waals surface area (Å²) in [5.74, 6) is 1.32. The van der Waals surface area contributed by atoms with Crippen LogP contribution >= 0.6 is 0 Å². The summed E-state index contributed by atoms with van der Waals surface area (Å²) in [6.07, 6.45) is 2.52. The summed E-state index contributed by atoms with van der Waals surface area (Å²) in [7, 11) is 3.23. The van der Waals surface area contributed by atoms with Crippen LogP contribution in [-0.2, 0) is 6.42 Å². The first-order chi connectivity index (χ1) is 13.7. The van der Waals surface area contributed by atoms with Crippen molar-refractivity contribution in [3.63, 3.8) is 0 Å². The average molecular weight is 375 g/mol. The Bertz CT molecular complexity index is 1000. The van der Waals surface area contributed by atoms with Gasteiger partial charge in [-0.1, -0.05) is 18.2 Å². The van der Waals surface area contributed by atoms with Crippen molar-refractivity contribution < 1.29 is 14.3 Å². The van der Waals surface area contributed by atoms with Gasteiger partial charge in [0.2, 0.25) is 0 Å². The molecule has 2 heterocycles. The van der Waals surface area contributed by atoms with E-state index in [4.69, 9.17) is 9.47 Å². The largest absolute Gasteiger partial charge is 0.497 e. The lowest BCUT2D eigenvalue weighted by molar-refractivity contribution is 0.0984. The van der Waals surface area contributed by atoms with E-state index in [-0.39, 0.29) is 5.91 Å². The molecule has 0 atom stereocenters. The minimum absolute atomic E-state index is 0.0875. The number of ether oxygens (including phenoxy) is 2. The van der Waals surface area contributed by atoms with E-state index in [1.165, 1.54) is 5.56 Å². The highest BCUT2D eigenvalue weighted by atomic mass is 16.5. The number of amides is 1. The second-order valence-electron chi connectivity index (χ2n) is 6.46. The van der Waals surface area contributed by atoms with E-state index in [0.717, 1.165) is 29.2 Å². The number of carbonyl (C=O) groups is 1. The summed E-state index contributed by atoms with van der Waals surface area (Å²) in [6.45, 7) is 0.681. The van der Waals surface area contributed by atoms with Gasteiger partial charge in [0.1, 0.15) is 17.2 Å². The predicted molar refractivity (Wildman–Crippen MR) is 109 cm³/mol. The zero-order valence-corrected chi connectivity index (χ0v) is 15.8. The second kappa shape index (κ2) is 7.60. The molecule has 0 aliphatic carbocycles. The Morgan fingerprint density at radius 3 is 2.68 bits per heavy atom. The van der Waals surface area contributed by atoms with Crippen molar-refractivity contribution in [2.75, 3.05) is 31.0 Å². The van der Waals surface area contributed by atoms with Crippen LogP contribution in [0.5, 0.6) is 11.5 Å². The quantitative estimate of drug-likeness (QED) is 0.729. The maximum Gasteiger partial charge on any atom is 0.276 e. The predicted octanol–water partition coefficient (Wildman–Crippen LogP) is 4.05. The molecule has 0 unspecified atom stereocenters. The molecule has 1 aromatic heterocycles. The number of hydrogen-bond acceptors (Lipinski definition) is 5. The molecule has 2 aromatic carbocycles. The van der Waals surface area contributed by atoms with Crippen molar-refractivity contribution >= 4 is 23.0 Å². The first kappa shape index (κ1) is 17.9. The number of benzene rings is 2. The molecule has 0 saturated carbocycles. The van der Waals surface area contributed by atoms with Gasteiger partial charge >= 0.3 is 0 Å². The zero-order chi connectivity index (χ0) is 19.5. The molecule has 4 rings (SSSR count). The highest BCUT2D eigenvalue weighted by Crippen LogP contribution is 2.32. The Labute approximate surface area is 163 Å². The lowest BCUT2D eigenvalue weighted by Crippen LogP contribution is -2.29. The molecule has 0 fully saturated rings. The van der Waals surface area contributed by atoms with E-state index in [2.05, 4.69) is 16.4 Å². The molecule has 6 nitrogen and oxygen atoms in total. The van der Waals surface area contributed by atoms with E-state index in [1.54, 1.807) is 31.4 Å². The molecule has 28 heavy (non-hydrogen) atoms. The lowest BCUT2D eigenvalue weighted by atomic mass is 10.2. The number of pyridine rings is 1. The molecule has 1 amide bonds. The van der Waals surface area contributed by atoms with Gasteiger partial charge in [-0.05, 0) is 42.3 Å². The van der Waals surface area contributed by atoms with Crippen molar-refractivity contribution in [2.24, 2.45) is 0 Å². The molecular weight excluding hydrogens is 354 g/mol. The number of fused-ring (bicyclic) bond motifs is 1. The van der Waals surface area contributed by atoms with Gasteiger partial charge in [-0.2, -0.15) is 0 Å². The number of carbonyl (C=O) groups excluding carboxylic acids is 1. The van der Waals surface area contributed by atoms with Crippen molar-refractivity contribution in [3.8, 4) is 11.5 Å². The maximum absolute atomic E-state index is 12.9. The van der Waals surface area contributed by atoms with Gasteiger partial charge in [0.25, 0.3) is 5.91 Å². The van der Waals surface area contributed by atoms with Crippen LogP contribution < -0.4 is 19.7 Å². The molecule has 0 radical (unpaired) electrons. The molecule has 0 bridgehead atoms. The van der Waals surface area contributed by atoms with Gasteiger partial charge in [-0.3, -0.25) is 4.79 Å². The maximum atomic E-state index is 12.9. The van der Waals surface area contributed by atoms with Gasteiger partial charge in [0.15, 0.2) is 0 Å². The number of nitrogens with one attached hydrogen (secondary N) is 1. The molecule has 142 valence electrons. The van der Waals surface area contributed by atoms with Gasteiger partial charge in [-0.15, -0.1) is 0 Å². The van der Waals surface area contributed by atoms with Crippen molar-refractivity contribution in [1.82, 2.24) is 4.98 Å². The smallest absolute Gasteiger partial charge is 0.276 e. The van der Waals surface area contributed by atoms with E-state index < -0.39 is 0 Å². The summed E-state index contributed by atoms with van der Waals surface area (Å²) in [5.41, 5.74) is 4.10. The number of aromatic nitrogens is 1. The molecule has 6 heteroatoms. The van der Waals surface area contributed by atoms with E-state index in [9.17, 15) is 4.79 Å². The van der Waals surface area contributed by atoms with E-state index in [0.29, 0.717) is 18.0 Å². The minimum Gasteiger partial charge on any atom is -0.497 e. The van der Waals surface area contributed by atoms with E-state index >= 15 is 0 Å². The minimum atomic E-state index is -0.0875. The summed E-state index contributed by atoms with van der Waals surface area (Å²) in [5, 5.41) is 3.26. The summed E-state index contributed by atoms with van der Waals surface area (Å²) >= 11 is 0. The molecule has 0 spiro atoms. The van der Waals surface area contributed by atoms with Crippen molar-refractivity contribution in [3.05, 3.63) is 72.1 Å². The van der Waals surface area contributed by atoms with Crippen LogP contribution in [0.2, 0.25) is 0 Å². The topological polar surface area (TPSA) is 63.7 Å². The third kappa shape index (κ3) is 3.36. The Morgan fingerprint density at radius 2 is 1.93 bits per heavy atom. The number of hydrogen-bond donors (Lipinski definition) is 1. The van der Waals surface area contributed by atoms with Crippen LogP contribution in [0.3, 0.4) is 0 Å². The standard InChI is InChI=1S/C22H21N3O3/c1-27-17-8-10-21(28-2)19(13-17)24-16-7-9-18(23-14-16)22(26)25-12-11-15-5-3-4-6-20(15)25/h3-10,13-14,24H,11-12H2,1-2H3. The average Bonchev–Trinajstić information content (AvgIpc) is 3.18. The molecule has 1 N–H and O–H groups in total. The Hall–Kier alpha value is -3.54. The second-order valence-corrected chi connectivity index (χ2v) is 6.46. The molecule has 0 saturated heterocycles. The number of rotatable bonds is 5. The zero-order valence-electron chi connectivity index (χ0n) is 15.8. The molecule has 1 aliphatic heterocycles. The summed E-state index contributed by atoms with van der Waals surface area (Å²) in [4.78, 5) is 19.0. The Kier molecular flexibility index (Phi) is 4.85. The molecule has 1 aliphatic rings. The SMILES string of the molecule is COc1ccc(OC)c(Nc2ccc(C(=O)N3CCc4ccccc43)nc2)c1. The first-order valence-corrected chi connectivity index (χ1v) is 9.04. The van der Waals surface area contributed by atoms with Gasteiger partial charge in [-0.25, -0.2) is 4.98 Å². The molecule has 3 aromatic rings. The monoisotopic (exact) mass is 375 g/mol. The first-order valence-electron chi connectivity index (χ1n) is 9.04. The normalized spacial score (nSPS) is 12.4. The third-order valence-corrected chi connectivity index (χ3v) is 4.80. The fraction of sp³-hybridized carbons (Fsp3) is 0.182. The number of methoxy groups -OCH3 is 2. The van der Waals surface area contributed by atoms with Crippen LogP contribution in [0, 0.1) is 0 Å². The highest BCUT2D eigenvalue weighted by Gasteiger charge is 2.25.